The number of hydrogen-bond donors (Lipinski definition) is 1. The molecule has 0 radical (unpaired) electrons. The minimum atomic E-state index is -0.244. The Morgan fingerprint density at radius 3 is 3.04 bits per heavy atom. The average Bonchev–Trinajstić information content (AvgIpc) is 3.06. The van der Waals surface area contributed by atoms with Crippen LogP contribution in [0.5, 0.6) is 11.5 Å². The molecule has 1 N–H and O–H groups in total. The number of carbonyl (C=O) groups excluding carboxylic acids is 1. The standard InChI is InChI=1S/C18H24N4O3/c1-21(2)8-9-22-7-6-17(20-22)19-18(23)14-10-13-11-15(24-3)4-5-16(13)25-12-14/h4-7,11,14H,8-10,12H2,1-3H3,(H,19,20,23)/t14-/m1/s1. The van der Waals surface area contributed by atoms with Crippen LogP contribution in [0.25, 0.3) is 0 Å². The maximum absolute atomic E-state index is 12.5. The molecule has 25 heavy (non-hydrogen) atoms. The Balaban J connectivity index is 1.60. The average molecular weight is 344 g/mol. The van der Waals surface area contributed by atoms with Crippen molar-refractivity contribution in [3.05, 3.63) is 36.0 Å². The monoisotopic (exact) mass is 344 g/mol. The molecule has 7 nitrogen and oxygen atoms in total. The maximum atomic E-state index is 12.5. The number of carbonyl (C=O) groups is 1. The van der Waals surface area contributed by atoms with Crippen molar-refractivity contribution in [1.82, 2.24) is 14.7 Å². The molecule has 3 rings (SSSR count). The third kappa shape index (κ3) is 4.30. The molecule has 1 aliphatic heterocycles. The summed E-state index contributed by atoms with van der Waals surface area (Å²) in [5.74, 6) is 1.83. The fourth-order valence-electron chi connectivity index (χ4n) is 2.75. The lowest BCUT2D eigenvalue weighted by molar-refractivity contribution is -0.121. The van der Waals surface area contributed by atoms with E-state index in [1.54, 1.807) is 7.11 Å². The number of anilines is 1. The van der Waals surface area contributed by atoms with E-state index in [4.69, 9.17) is 9.47 Å². The number of fused-ring (bicyclic) bond motifs is 1. The van der Waals surface area contributed by atoms with E-state index in [0.29, 0.717) is 18.8 Å². The predicted octanol–water partition coefficient (Wildman–Crippen LogP) is 1.64. The Morgan fingerprint density at radius 1 is 1.44 bits per heavy atom. The van der Waals surface area contributed by atoms with E-state index in [1.165, 1.54) is 0 Å². The minimum Gasteiger partial charge on any atom is -0.497 e. The number of methoxy groups -OCH3 is 1. The summed E-state index contributed by atoms with van der Waals surface area (Å²) in [6, 6.07) is 7.48. The molecule has 1 amide bonds. The SMILES string of the molecule is COc1ccc2c(c1)C[C@@H](C(=O)Nc1ccn(CCN(C)C)n1)CO2. The summed E-state index contributed by atoms with van der Waals surface area (Å²) in [5.41, 5.74) is 0.988. The van der Waals surface area contributed by atoms with Gasteiger partial charge in [0, 0.05) is 18.8 Å². The fraction of sp³-hybridized carbons (Fsp3) is 0.444. The van der Waals surface area contributed by atoms with Crippen molar-refractivity contribution in [2.24, 2.45) is 5.92 Å². The highest BCUT2D eigenvalue weighted by Gasteiger charge is 2.26. The topological polar surface area (TPSA) is 68.6 Å². The van der Waals surface area contributed by atoms with Crippen LogP contribution in [0.15, 0.2) is 30.5 Å². The van der Waals surface area contributed by atoms with Crippen molar-refractivity contribution < 1.29 is 14.3 Å². The molecule has 1 aliphatic rings. The number of nitrogens with one attached hydrogen (secondary N) is 1. The van der Waals surface area contributed by atoms with Crippen LogP contribution in [0.4, 0.5) is 5.82 Å². The highest BCUT2D eigenvalue weighted by atomic mass is 16.5. The van der Waals surface area contributed by atoms with Gasteiger partial charge in [-0.3, -0.25) is 9.48 Å². The van der Waals surface area contributed by atoms with Gasteiger partial charge >= 0.3 is 0 Å². The van der Waals surface area contributed by atoms with Crippen LogP contribution in [0, 0.1) is 5.92 Å². The Labute approximate surface area is 147 Å². The van der Waals surface area contributed by atoms with Crippen LogP contribution in [-0.4, -0.2) is 54.9 Å². The van der Waals surface area contributed by atoms with Gasteiger partial charge in [-0.1, -0.05) is 0 Å². The largest absolute Gasteiger partial charge is 0.497 e. The predicted molar refractivity (Wildman–Crippen MR) is 95.1 cm³/mol. The Kier molecular flexibility index (Phi) is 5.23. The van der Waals surface area contributed by atoms with Crippen LogP contribution in [0.2, 0.25) is 0 Å². The van der Waals surface area contributed by atoms with Crippen LogP contribution in [-0.2, 0) is 17.8 Å². The molecule has 0 aliphatic carbocycles. The lowest BCUT2D eigenvalue weighted by Crippen LogP contribution is -2.32. The summed E-state index contributed by atoms with van der Waals surface area (Å²) in [7, 11) is 5.66. The van der Waals surface area contributed by atoms with Crippen molar-refractivity contribution in [1.29, 1.82) is 0 Å². The second-order valence-corrected chi connectivity index (χ2v) is 6.44. The molecular weight excluding hydrogens is 320 g/mol. The molecule has 1 atom stereocenters. The molecule has 1 aromatic heterocycles. The van der Waals surface area contributed by atoms with Crippen LogP contribution < -0.4 is 14.8 Å². The number of likely N-dealkylation sites (N-methyl/N-ethyl adjacent to an activating group) is 1. The summed E-state index contributed by atoms with van der Waals surface area (Å²) in [5, 5.41) is 7.27. The Bertz CT molecular complexity index is 742. The highest BCUT2D eigenvalue weighted by Crippen LogP contribution is 2.31. The van der Waals surface area contributed by atoms with Crippen molar-refractivity contribution >= 4 is 11.7 Å². The molecule has 0 bridgehead atoms. The molecule has 134 valence electrons. The number of amides is 1. The van der Waals surface area contributed by atoms with Gasteiger partial charge < -0.3 is 19.7 Å². The van der Waals surface area contributed by atoms with E-state index in [1.807, 2.05) is 49.2 Å². The number of rotatable bonds is 6. The quantitative estimate of drug-likeness (QED) is 0.863. The first kappa shape index (κ1) is 17.3. The maximum Gasteiger partial charge on any atom is 0.232 e. The first-order chi connectivity index (χ1) is 12.0. The molecule has 0 fully saturated rings. The van der Waals surface area contributed by atoms with E-state index in [9.17, 15) is 4.79 Å². The zero-order chi connectivity index (χ0) is 17.8. The van der Waals surface area contributed by atoms with Gasteiger partial charge in [-0.25, -0.2) is 0 Å². The summed E-state index contributed by atoms with van der Waals surface area (Å²) >= 11 is 0. The van der Waals surface area contributed by atoms with Crippen molar-refractivity contribution in [2.45, 2.75) is 13.0 Å². The summed E-state index contributed by atoms with van der Waals surface area (Å²) in [6.07, 6.45) is 2.50. The van der Waals surface area contributed by atoms with Crippen LogP contribution in [0.1, 0.15) is 5.56 Å². The highest BCUT2D eigenvalue weighted by molar-refractivity contribution is 5.92. The molecule has 7 heteroatoms. The van der Waals surface area contributed by atoms with Gasteiger partial charge in [0.2, 0.25) is 5.91 Å². The first-order valence-electron chi connectivity index (χ1n) is 8.34. The molecular formula is C18H24N4O3. The molecule has 0 spiro atoms. The number of nitrogens with zero attached hydrogens (tertiary/aromatic N) is 3. The number of aromatic nitrogens is 2. The minimum absolute atomic E-state index is 0.0775. The van der Waals surface area contributed by atoms with E-state index in [0.717, 1.165) is 30.2 Å². The zero-order valence-electron chi connectivity index (χ0n) is 14.9. The second kappa shape index (κ2) is 7.57. The van der Waals surface area contributed by atoms with Gasteiger partial charge in [-0.2, -0.15) is 5.10 Å². The molecule has 0 saturated heterocycles. The van der Waals surface area contributed by atoms with Gasteiger partial charge in [-0.05, 0) is 44.3 Å². The fourth-order valence-corrected chi connectivity index (χ4v) is 2.75. The number of ether oxygens (including phenoxy) is 2. The normalized spacial score (nSPS) is 16.2. The molecule has 2 aromatic rings. The first-order valence-corrected chi connectivity index (χ1v) is 8.34. The lowest BCUT2D eigenvalue weighted by Gasteiger charge is -2.24. The van der Waals surface area contributed by atoms with Gasteiger partial charge in [0.15, 0.2) is 5.82 Å². The van der Waals surface area contributed by atoms with E-state index in [2.05, 4.69) is 15.3 Å². The summed E-state index contributed by atoms with van der Waals surface area (Å²) in [4.78, 5) is 14.6. The molecule has 0 saturated carbocycles. The zero-order valence-corrected chi connectivity index (χ0v) is 14.9. The van der Waals surface area contributed by atoms with Crippen LogP contribution >= 0.6 is 0 Å². The summed E-state index contributed by atoms with van der Waals surface area (Å²) < 4.78 is 12.8. The smallest absolute Gasteiger partial charge is 0.232 e. The molecule has 0 unspecified atom stereocenters. The van der Waals surface area contributed by atoms with Crippen LogP contribution in [0.3, 0.4) is 0 Å². The van der Waals surface area contributed by atoms with Gasteiger partial charge in [0.05, 0.1) is 19.6 Å². The lowest BCUT2D eigenvalue weighted by atomic mass is 9.96. The molecule has 1 aromatic carbocycles. The van der Waals surface area contributed by atoms with E-state index in [-0.39, 0.29) is 11.8 Å². The third-order valence-corrected chi connectivity index (χ3v) is 4.21. The van der Waals surface area contributed by atoms with Gasteiger partial charge in [-0.15, -0.1) is 0 Å². The summed E-state index contributed by atoms with van der Waals surface area (Å²) in [6.45, 7) is 2.04. The van der Waals surface area contributed by atoms with Crippen molar-refractivity contribution in [3.8, 4) is 11.5 Å². The van der Waals surface area contributed by atoms with Gasteiger partial charge in [0.25, 0.3) is 0 Å². The van der Waals surface area contributed by atoms with E-state index < -0.39 is 0 Å². The molecule has 2 heterocycles. The third-order valence-electron chi connectivity index (χ3n) is 4.21. The van der Waals surface area contributed by atoms with E-state index >= 15 is 0 Å². The Morgan fingerprint density at radius 2 is 2.28 bits per heavy atom. The number of benzene rings is 1. The Hall–Kier alpha value is -2.54. The number of hydrogen-bond acceptors (Lipinski definition) is 5. The van der Waals surface area contributed by atoms with Crippen molar-refractivity contribution in [3.63, 3.8) is 0 Å². The second-order valence-electron chi connectivity index (χ2n) is 6.44. The van der Waals surface area contributed by atoms with Gasteiger partial charge in [0.1, 0.15) is 18.1 Å². The van der Waals surface area contributed by atoms with Crippen molar-refractivity contribution in [2.75, 3.05) is 39.7 Å².